The molecule has 1 aromatic heterocycles. The number of anilines is 6. The van der Waals surface area contributed by atoms with Crippen molar-refractivity contribution in [3.05, 3.63) is 96.8 Å². The van der Waals surface area contributed by atoms with Gasteiger partial charge in [-0.25, -0.2) is 18.7 Å². The van der Waals surface area contributed by atoms with Crippen LogP contribution in [0.4, 0.5) is 43.2 Å². The van der Waals surface area contributed by atoms with Crippen molar-refractivity contribution in [3.63, 3.8) is 0 Å². The third-order valence-corrected chi connectivity index (χ3v) is 4.31. The fourth-order valence-electron chi connectivity index (χ4n) is 2.84. The van der Waals surface area contributed by atoms with Gasteiger partial charge in [0.15, 0.2) is 11.6 Å². The number of aromatic nitrogens is 2. The first-order valence-corrected chi connectivity index (χ1v) is 9.11. The Bertz CT molecular complexity index is 1100. The van der Waals surface area contributed by atoms with Crippen LogP contribution in [0, 0.1) is 11.6 Å². The van der Waals surface area contributed by atoms with Gasteiger partial charge < -0.3 is 11.1 Å². The summed E-state index contributed by atoms with van der Waals surface area (Å²) in [5.41, 5.74) is 11.2. The number of benzene rings is 3. The third kappa shape index (κ3) is 4.12. The van der Waals surface area contributed by atoms with E-state index in [4.69, 9.17) is 5.73 Å². The summed E-state index contributed by atoms with van der Waals surface area (Å²) in [6.45, 7) is 0. The number of hydrogen-bond acceptors (Lipinski definition) is 6. The number of nitrogens with zero attached hydrogens (tertiary/aromatic N) is 3. The molecule has 0 atom stereocenters. The molecule has 0 saturated carbocycles. The second-order valence-corrected chi connectivity index (χ2v) is 6.35. The molecule has 4 rings (SSSR count). The molecule has 0 bridgehead atoms. The summed E-state index contributed by atoms with van der Waals surface area (Å²) < 4.78 is 27.5. The summed E-state index contributed by atoms with van der Waals surface area (Å²) in [7, 11) is 0. The fraction of sp³-hybridized carbons (Fsp3) is 0. The maximum absolute atomic E-state index is 14.0. The van der Waals surface area contributed by atoms with Crippen molar-refractivity contribution < 1.29 is 8.78 Å². The molecule has 0 aliphatic rings. The number of nitrogens with one attached hydrogen (secondary N) is 2. The molecule has 0 radical (unpaired) electrons. The molecule has 0 saturated heterocycles. The van der Waals surface area contributed by atoms with Crippen LogP contribution in [0.1, 0.15) is 0 Å². The Hall–Kier alpha value is -4.20. The van der Waals surface area contributed by atoms with Crippen molar-refractivity contribution >= 4 is 34.4 Å². The molecule has 150 valence electrons. The van der Waals surface area contributed by atoms with Crippen LogP contribution in [0.25, 0.3) is 0 Å². The Morgan fingerprint density at radius 3 is 2.00 bits per heavy atom. The monoisotopic (exact) mass is 404 g/mol. The summed E-state index contributed by atoms with van der Waals surface area (Å²) in [5, 5.41) is 4.54. The molecule has 0 unspecified atom stereocenters. The maximum atomic E-state index is 14.0. The van der Waals surface area contributed by atoms with E-state index in [9.17, 15) is 8.78 Å². The van der Waals surface area contributed by atoms with Crippen LogP contribution in [-0.2, 0) is 0 Å². The predicted molar refractivity (Wildman–Crippen MR) is 115 cm³/mol. The molecule has 8 heteroatoms. The standard InChI is InChI=1S/C22H18F2N6/c23-15-11-12-18(24)19(13-15)28-21-20(25)22(27-14-26-21)29-30(16-7-3-1-4-8-16)17-9-5-2-6-10-17/h1-14H,25H2,(H2,26,27,28,29). The average molecular weight is 404 g/mol. The quantitative estimate of drug-likeness (QED) is 0.381. The lowest BCUT2D eigenvalue weighted by molar-refractivity contribution is 0.603. The van der Waals surface area contributed by atoms with Crippen molar-refractivity contribution in [1.29, 1.82) is 0 Å². The van der Waals surface area contributed by atoms with E-state index in [1.807, 2.05) is 65.7 Å². The van der Waals surface area contributed by atoms with Crippen LogP contribution in [0.15, 0.2) is 85.2 Å². The molecule has 1 heterocycles. The van der Waals surface area contributed by atoms with Gasteiger partial charge in [-0.1, -0.05) is 36.4 Å². The normalized spacial score (nSPS) is 10.5. The Morgan fingerprint density at radius 2 is 1.37 bits per heavy atom. The van der Waals surface area contributed by atoms with Gasteiger partial charge in [-0.05, 0) is 36.4 Å². The Kier molecular flexibility index (Phi) is 5.38. The topological polar surface area (TPSA) is 79.1 Å². The zero-order valence-electron chi connectivity index (χ0n) is 15.8. The minimum atomic E-state index is -0.626. The van der Waals surface area contributed by atoms with Gasteiger partial charge in [-0.2, -0.15) is 0 Å². The SMILES string of the molecule is Nc1c(Nc2cc(F)ccc2F)ncnc1NN(c1ccccc1)c1ccccc1. The van der Waals surface area contributed by atoms with E-state index in [2.05, 4.69) is 20.7 Å². The zero-order chi connectivity index (χ0) is 20.9. The first kappa shape index (κ1) is 19.1. The highest BCUT2D eigenvalue weighted by Crippen LogP contribution is 2.31. The first-order chi connectivity index (χ1) is 14.6. The van der Waals surface area contributed by atoms with Gasteiger partial charge in [0.05, 0.1) is 17.1 Å². The maximum Gasteiger partial charge on any atom is 0.173 e. The van der Waals surface area contributed by atoms with E-state index in [0.29, 0.717) is 5.82 Å². The molecule has 30 heavy (non-hydrogen) atoms. The van der Waals surface area contributed by atoms with Crippen LogP contribution in [0.2, 0.25) is 0 Å². The third-order valence-electron chi connectivity index (χ3n) is 4.31. The molecule has 0 aliphatic heterocycles. The van der Waals surface area contributed by atoms with E-state index in [1.165, 1.54) is 6.33 Å². The second kappa shape index (κ2) is 8.44. The van der Waals surface area contributed by atoms with Gasteiger partial charge in [0, 0.05) is 6.07 Å². The van der Waals surface area contributed by atoms with Crippen molar-refractivity contribution in [1.82, 2.24) is 9.97 Å². The number of hydrogen-bond donors (Lipinski definition) is 3. The molecule has 3 aromatic carbocycles. The largest absolute Gasteiger partial charge is 0.393 e. The molecule has 4 N–H and O–H groups in total. The van der Waals surface area contributed by atoms with E-state index < -0.39 is 11.6 Å². The zero-order valence-corrected chi connectivity index (χ0v) is 15.8. The van der Waals surface area contributed by atoms with E-state index >= 15 is 0 Å². The predicted octanol–water partition coefficient (Wildman–Crippen LogP) is 5.25. The van der Waals surface area contributed by atoms with Crippen LogP contribution in [0.5, 0.6) is 0 Å². The molecule has 0 amide bonds. The van der Waals surface area contributed by atoms with Gasteiger partial charge in [-0.3, -0.25) is 10.4 Å². The lowest BCUT2D eigenvalue weighted by atomic mass is 10.2. The highest BCUT2D eigenvalue weighted by atomic mass is 19.1. The lowest BCUT2D eigenvalue weighted by Crippen LogP contribution is -2.26. The van der Waals surface area contributed by atoms with Crippen molar-refractivity contribution in [2.24, 2.45) is 0 Å². The Balaban J connectivity index is 1.68. The average Bonchev–Trinajstić information content (AvgIpc) is 2.78. The molecular formula is C22H18F2N6. The second-order valence-electron chi connectivity index (χ2n) is 6.35. The summed E-state index contributed by atoms with van der Waals surface area (Å²) in [6, 6.07) is 22.3. The molecule has 6 nitrogen and oxygen atoms in total. The summed E-state index contributed by atoms with van der Waals surface area (Å²) >= 11 is 0. The van der Waals surface area contributed by atoms with Gasteiger partial charge in [0.1, 0.15) is 23.6 Å². The van der Waals surface area contributed by atoms with E-state index in [1.54, 1.807) is 0 Å². The van der Waals surface area contributed by atoms with Gasteiger partial charge >= 0.3 is 0 Å². The Labute approximate surface area is 172 Å². The molecule has 0 aliphatic carbocycles. The minimum Gasteiger partial charge on any atom is -0.393 e. The van der Waals surface area contributed by atoms with E-state index in [0.717, 1.165) is 29.6 Å². The van der Waals surface area contributed by atoms with E-state index in [-0.39, 0.29) is 17.2 Å². The van der Waals surface area contributed by atoms with Crippen molar-refractivity contribution in [2.45, 2.75) is 0 Å². The summed E-state index contributed by atoms with van der Waals surface area (Å²) in [5.74, 6) is -0.751. The number of nitrogen functional groups attached to an aromatic ring is 1. The number of nitrogens with two attached hydrogens (primary N) is 1. The lowest BCUT2D eigenvalue weighted by Gasteiger charge is -2.26. The fourth-order valence-corrected chi connectivity index (χ4v) is 2.84. The van der Waals surface area contributed by atoms with Crippen molar-refractivity contribution in [2.75, 3.05) is 21.5 Å². The number of para-hydroxylation sites is 2. The van der Waals surface area contributed by atoms with Crippen LogP contribution in [-0.4, -0.2) is 9.97 Å². The van der Waals surface area contributed by atoms with Gasteiger partial charge in [0.25, 0.3) is 0 Å². The number of halogens is 2. The van der Waals surface area contributed by atoms with Gasteiger partial charge in [0.2, 0.25) is 0 Å². The van der Waals surface area contributed by atoms with Crippen LogP contribution >= 0.6 is 0 Å². The minimum absolute atomic E-state index is 0.0747. The smallest absolute Gasteiger partial charge is 0.173 e. The Morgan fingerprint density at radius 1 is 0.767 bits per heavy atom. The van der Waals surface area contributed by atoms with Gasteiger partial charge in [-0.15, -0.1) is 0 Å². The molecule has 0 fully saturated rings. The highest BCUT2D eigenvalue weighted by molar-refractivity contribution is 5.80. The first-order valence-electron chi connectivity index (χ1n) is 9.11. The number of rotatable bonds is 6. The van der Waals surface area contributed by atoms with Crippen LogP contribution in [0.3, 0.4) is 0 Å². The van der Waals surface area contributed by atoms with Crippen molar-refractivity contribution in [3.8, 4) is 0 Å². The molecule has 0 spiro atoms. The molecule has 4 aromatic rings. The summed E-state index contributed by atoms with van der Waals surface area (Å²) in [6.07, 6.45) is 1.28. The highest BCUT2D eigenvalue weighted by Gasteiger charge is 2.15. The van der Waals surface area contributed by atoms with Crippen LogP contribution < -0.4 is 21.5 Å². The molecular weight excluding hydrogens is 386 g/mol. The summed E-state index contributed by atoms with van der Waals surface area (Å²) in [4.78, 5) is 8.28. The number of hydrazine groups is 1.